The van der Waals surface area contributed by atoms with Gasteiger partial charge in [0.05, 0.1) is 10.6 Å². The molecular formula is C16H23NO6S. The number of sulfone groups is 1. The smallest absolute Gasteiger partial charge is 0.407 e. The highest BCUT2D eigenvalue weighted by molar-refractivity contribution is 7.91. The van der Waals surface area contributed by atoms with Gasteiger partial charge in [0.25, 0.3) is 0 Å². The number of benzene rings is 1. The average Bonchev–Trinajstić information content (AvgIpc) is 2.43. The van der Waals surface area contributed by atoms with Crippen molar-refractivity contribution in [2.75, 3.05) is 5.75 Å². The normalized spacial score (nSPS) is 11.8. The molecule has 0 aliphatic heterocycles. The highest BCUT2D eigenvalue weighted by Gasteiger charge is 2.17. The number of carbonyl (C=O) groups is 2. The number of nitrogens with one attached hydrogen (secondary N) is 1. The Balaban J connectivity index is 2.59. The molecule has 0 saturated heterocycles. The van der Waals surface area contributed by atoms with Gasteiger partial charge in [-0.25, -0.2) is 13.2 Å². The molecule has 0 aliphatic carbocycles. The van der Waals surface area contributed by atoms with Gasteiger partial charge in [-0.3, -0.25) is 4.79 Å². The SMILES string of the molecule is CC(C)(C)OC(=O)NCc1ccc(S(=O)(=O)CCCC(=O)O)cc1. The van der Waals surface area contributed by atoms with Gasteiger partial charge in [-0.2, -0.15) is 0 Å². The Morgan fingerprint density at radius 3 is 2.25 bits per heavy atom. The van der Waals surface area contributed by atoms with Crippen molar-refractivity contribution in [2.24, 2.45) is 0 Å². The number of carboxylic acids is 1. The fourth-order valence-corrected chi connectivity index (χ4v) is 3.15. The topological polar surface area (TPSA) is 110 Å². The number of carbonyl (C=O) groups excluding carboxylic acids is 1. The Morgan fingerprint density at radius 2 is 1.75 bits per heavy atom. The van der Waals surface area contributed by atoms with E-state index in [2.05, 4.69) is 5.32 Å². The first-order chi connectivity index (χ1) is 11.0. The van der Waals surface area contributed by atoms with Gasteiger partial charge in [0.15, 0.2) is 9.84 Å². The lowest BCUT2D eigenvalue weighted by molar-refractivity contribution is -0.137. The van der Waals surface area contributed by atoms with Crippen LogP contribution in [-0.4, -0.2) is 36.9 Å². The summed E-state index contributed by atoms with van der Waals surface area (Å²) in [6.45, 7) is 5.50. The van der Waals surface area contributed by atoms with Crippen LogP contribution in [0, 0.1) is 0 Å². The Hall–Kier alpha value is -2.09. The molecule has 1 amide bonds. The second-order valence-corrected chi connectivity index (χ2v) is 8.42. The van der Waals surface area contributed by atoms with E-state index in [1.807, 2.05) is 0 Å². The largest absolute Gasteiger partial charge is 0.481 e. The molecule has 8 heteroatoms. The zero-order valence-electron chi connectivity index (χ0n) is 14.0. The van der Waals surface area contributed by atoms with Crippen molar-refractivity contribution in [3.05, 3.63) is 29.8 Å². The predicted molar refractivity (Wildman–Crippen MR) is 88.4 cm³/mol. The van der Waals surface area contributed by atoms with Gasteiger partial charge < -0.3 is 15.2 Å². The molecule has 7 nitrogen and oxygen atoms in total. The molecule has 24 heavy (non-hydrogen) atoms. The maximum Gasteiger partial charge on any atom is 0.407 e. The van der Waals surface area contributed by atoms with Crippen molar-refractivity contribution in [1.29, 1.82) is 0 Å². The van der Waals surface area contributed by atoms with Gasteiger partial charge in [0, 0.05) is 13.0 Å². The lowest BCUT2D eigenvalue weighted by atomic mass is 10.2. The number of alkyl carbamates (subject to hydrolysis) is 1. The van der Waals surface area contributed by atoms with E-state index >= 15 is 0 Å². The number of rotatable bonds is 7. The third-order valence-electron chi connectivity index (χ3n) is 2.92. The number of carboxylic acid groups (broad SMARTS) is 1. The monoisotopic (exact) mass is 357 g/mol. The van der Waals surface area contributed by atoms with Gasteiger partial charge in [0.2, 0.25) is 0 Å². The molecule has 0 unspecified atom stereocenters. The number of aliphatic carboxylic acids is 1. The maximum absolute atomic E-state index is 12.1. The molecule has 2 N–H and O–H groups in total. The minimum absolute atomic E-state index is 0.0691. The summed E-state index contributed by atoms with van der Waals surface area (Å²) in [4.78, 5) is 22.1. The summed E-state index contributed by atoms with van der Waals surface area (Å²) in [5, 5.41) is 11.1. The number of hydrogen-bond acceptors (Lipinski definition) is 5. The molecule has 0 aromatic heterocycles. The van der Waals surface area contributed by atoms with E-state index in [1.165, 1.54) is 12.1 Å². The summed E-state index contributed by atoms with van der Waals surface area (Å²) in [5.74, 6) is -1.23. The van der Waals surface area contributed by atoms with E-state index in [9.17, 15) is 18.0 Å². The average molecular weight is 357 g/mol. The van der Waals surface area contributed by atoms with Crippen LogP contribution < -0.4 is 5.32 Å². The van der Waals surface area contributed by atoms with Crippen molar-refractivity contribution in [3.8, 4) is 0 Å². The minimum atomic E-state index is -3.50. The van der Waals surface area contributed by atoms with Crippen LogP contribution in [0.4, 0.5) is 4.79 Å². The van der Waals surface area contributed by atoms with E-state index < -0.39 is 27.5 Å². The van der Waals surface area contributed by atoms with E-state index in [0.29, 0.717) is 0 Å². The van der Waals surface area contributed by atoms with Crippen molar-refractivity contribution in [3.63, 3.8) is 0 Å². The van der Waals surface area contributed by atoms with E-state index in [0.717, 1.165) is 5.56 Å². The second kappa shape index (κ2) is 8.14. The highest BCUT2D eigenvalue weighted by atomic mass is 32.2. The van der Waals surface area contributed by atoms with Crippen molar-refractivity contribution >= 4 is 21.9 Å². The molecule has 0 heterocycles. The van der Waals surface area contributed by atoms with Crippen LogP contribution in [0.1, 0.15) is 39.2 Å². The van der Waals surface area contributed by atoms with Gasteiger partial charge in [-0.05, 0) is 44.9 Å². The number of hydrogen-bond donors (Lipinski definition) is 2. The van der Waals surface area contributed by atoms with Crippen molar-refractivity contribution in [1.82, 2.24) is 5.32 Å². The van der Waals surface area contributed by atoms with E-state index in [4.69, 9.17) is 9.84 Å². The Labute approximate surface area is 141 Å². The first kappa shape index (κ1) is 20.0. The summed E-state index contributed by atoms with van der Waals surface area (Å²) in [6.07, 6.45) is -0.663. The lowest BCUT2D eigenvalue weighted by Gasteiger charge is -2.19. The summed E-state index contributed by atoms with van der Waals surface area (Å²) in [5.41, 5.74) is 0.142. The van der Waals surface area contributed by atoms with Crippen LogP contribution in [0.15, 0.2) is 29.2 Å². The van der Waals surface area contributed by atoms with E-state index in [1.54, 1.807) is 32.9 Å². The van der Waals surface area contributed by atoms with Crippen LogP contribution >= 0.6 is 0 Å². The van der Waals surface area contributed by atoms with Gasteiger partial charge >= 0.3 is 12.1 Å². The minimum Gasteiger partial charge on any atom is -0.481 e. The zero-order chi connectivity index (χ0) is 18.4. The fourth-order valence-electron chi connectivity index (χ4n) is 1.83. The third-order valence-corrected chi connectivity index (χ3v) is 4.74. The molecule has 0 fully saturated rings. The van der Waals surface area contributed by atoms with Crippen LogP contribution in [0.2, 0.25) is 0 Å². The number of amides is 1. The Kier molecular flexibility index (Phi) is 6.77. The summed E-state index contributed by atoms with van der Waals surface area (Å²) in [6, 6.07) is 6.09. The van der Waals surface area contributed by atoms with Crippen LogP contribution in [-0.2, 0) is 25.9 Å². The van der Waals surface area contributed by atoms with Crippen molar-refractivity contribution < 1.29 is 27.9 Å². The molecule has 0 atom stereocenters. The third kappa shape index (κ3) is 7.45. The second-order valence-electron chi connectivity index (χ2n) is 6.32. The molecule has 1 rings (SSSR count). The summed E-state index contributed by atoms with van der Waals surface area (Å²) < 4.78 is 29.2. The molecule has 0 saturated carbocycles. The first-order valence-electron chi connectivity index (χ1n) is 7.50. The van der Waals surface area contributed by atoms with E-state index in [-0.39, 0.29) is 30.0 Å². The summed E-state index contributed by atoms with van der Waals surface area (Å²) in [7, 11) is -3.50. The van der Waals surface area contributed by atoms with Gasteiger partial charge in [-0.1, -0.05) is 12.1 Å². The molecule has 0 radical (unpaired) electrons. The molecule has 1 aromatic carbocycles. The van der Waals surface area contributed by atoms with Crippen LogP contribution in [0.3, 0.4) is 0 Å². The standard InChI is InChI=1S/C16H23NO6S/c1-16(2,3)23-15(20)17-11-12-6-8-13(9-7-12)24(21,22)10-4-5-14(18)19/h6-9H,4-5,10-11H2,1-3H3,(H,17,20)(H,18,19). The van der Waals surface area contributed by atoms with Crippen molar-refractivity contribution in [2.45, 2.75) is 50.7 Å². The Bertz CT molecular complexity index is 674. The molecule has 0 aliphatic rings. The summed E-state index contributed by atoms with van der Waals surface area (Å²) >= 11 is 0. The lowest BCUT2D eigenvalue weighted by Crippen LogP contribution is -2.32. The maximum atomic E-state index is 12.1. The van der Waals surface area contributed by atoms with Crippen LogP contribution in [0.5, 0.6) is 0 Å². The fraction of sp³-hybridized carbons (Fsp3) is 0.500. The molecule has 1 aromatic rings. The Morgan fingerprint density at radius 1 is 1.17 bits per heavy atom. The highest BCUT2D eigenvalue weighted by Crippen LogP contribution is 2.14. The molecular weight excluding hydrogens is 334 g/mol. The van der Waals surface area contributed by atoms with Crippen LogP contribution in [0.25, 0.3) is 0 Å². The first-order valence-corrected chi connectivity index (χ1v) is 9.15. The van der Waals surface area contributed by atoms with Gasteiger partial charge in [-0.15, -0.1) is 0 Å². The molecule has 0 bridgehead atoms. The molecule has 134 valence electrons. The molecule has 0 spiro atoms. The van der Waals surface area contributed by atoms with Gasteiger partial charge in [0.1, 0.15) is 5.60 Å². The number of ether oxygens (including phenoxy) is 1. The zero-order valence-corrected chi connectivity index (χ0v) is 14.9. The predicted octanol–water partition coefficient (Wildman–Crippen LogP) is 2.35. The quantitative estimate of drug-likeness (QED) is 0.775.